The maximum atomic E-state index is 13.2. The van der Waals surface area contributed by atoms with E-state index in [-0.39, 0.29) is 29.6 Å². The second-order valence-corrected chi connectivity index (χ2v) is 6.08. The molecule has 24 heavy (non-hydrogen) atoms. The Hall–Kier alpha value is -1.98. The van der Waals surface area contributed by atoms with Gasteiger partial charge in [-0.3, -0.25) is 0 Å². The fraction of sp³-hybridized carbons (Fsp3) is 0.467. The number of hydrogen-bond donors (Lipinski definition) is 1. The summed E-state index contributed by atoms with van der Waals surface area (Å²) in [7, 11) is 0. The van der Waals surface area contributed by atoms with E-state index in [0.717, 1.165) is 0 Å². The summed E-state index contributed by atoms with van der Waals surface area (Å²) in [5, 5.41) is 19.0. The summed E-state index contributed by atoms with van der Waals surface area (Å²) in [5.41, 5.74) is 1.05. The topological polar surface area (TPSA) is 68.8 Å². The number of aliphatic hydroxyl groups is 1. The molecule has 0 aromatic heterocycles. The van der Waals surface area contributed by atoms with Gasteiger partial charge in [-0.2, -0.15) is 23.4 Å². The molecule has 2 aliphatic heterocycles. The van der Waals surface area contributed by atoms with Gasteiger partial charge in [-0.25, -0.2) is 0 Å². The van der Waals surface area contributed by atoms with Crippen molar-refractivity contribution >= 4 is 23.3 Å². The molecule has 3 rings (SSSR count). The second-order valence-electron chi connectivity index (χ2n) is 5.70. The molecule has 0 unspecified atom stereocenters. The van der Waals surface area contributed by atoms with Gasteiger partial charge >= 0.3 is 6.18 Å². The molecule has 2 fully saturated rings. The lowest BCUT2D eigenvalue weighted by molar-refractivity contribution is -0.203. The van der Waals surface area contributed by atoms with E-state index in [9.17, 15) is 18.3 Å². The van der Waals surface area contributed by atoms with E-state index in [1.54, 1.807) is 6.92 Å². The van der Waals surface area contributed by atoms with Crippen molar-refractivity contribution in [3.63, 3.8) is 0 Å². The van der Waals surface area contributed by atoms with Gasteiger partial charge in [0.1, 0.15) is 12.1 Å². The average molecular weight is 360 g/mol. The van der Waals surface area contributed by atoms with Gasteiger partial charge in [0.2, 0.25) is 6.10 Å². The third kappa shape index (κ3) is 2.68. The highest BCUT2D eigenvalue weighted by Crippen LogP contribution is 2.39. The number of nitriles is 1. The average Bonchev–Trinajstić information content (AvgIpc) is 3.06. The van der Waals surface area contributed by atoms with Crippen molar-refractivity contribution in [3.05, 3.63) is 28.3 Å². The number of halogens is 4. The van der Waals surface area contributed by atoms with Crippen molar-refractivity contribution in [2.75, 3.05) is 6.54 Å². The van der Waals surface area contributed by atoms with E-state index >= 15 is 0 Å². The number of nitrogens with zero attached hydrogens (tertiary/aromatic N) is 3. The van der Waals surface area contributed by atoms with Gasteiger partial charge in [-0.05, 0) is 31.0 Å². The molecular weight excluding hydrogens is 347 g/mol. The molecule has 9 heteroatoms. The minimum absolute atomic E-state index is 0.192. The first-order chi connectivity index (χ1) is 11.2. The Morgan fingerprint density at radius 1 is 1.46 bits per heavy atom. The number of hydrogen-bond acceptors (Lipinski definition) is 4. The molecule has 2 heterocycles. The SMILES string of the molecule is Cc1c(N=C2O[C@@H](C(F)(F)F)[C@@H]3[C@@H](O)CCN23)ccc(C#N)c1Cl. The number of aliphatic hydroxyl groups excluding tert-OH is 1. The van der Waals surface area contributed by atoms with E-state index in [2.05, 4.69) is 4.99 Å². The summed E-state index contributed by atoms with van der Waals surface area (Å²) >= 11 is 6.05. The predicted octanol–water partition coefficient (Wildman–Crippen LogP) is 2.90. The lowest BCUT2D eigenvalue weighted by Crippen LogP contribution is -2.45. The normalized spacial score (nSPS) is 28.0. The van der Waals surface area contributed by atoms with E-state index < -0.39 is 24.4 Å². The van der Waals surface area contributed by atoms with Crippen LogP contribution in [0.1, 0.15) is 17.5 Å². The van der Waals surface area contributed by atoms with E-state index in [1.165, 1.54) is 17.0 Å². The van der Waals surface area contributed by atoms with Crippen LogP contribution in [0.5, 0.6) is 0 Å². The number of aliphatic imine (C=N–C) groups is 1. The minimum Gasteiger partial charge on any atom is -0.450 e. The van der Waals surface area contributed by atoms with Gasteiger partial charge in [-0.15, -0.1) is 0 Å². The molecule has 0 radical (unpaired) electrons. The Morgan fingerprint density at radius 2 is 2.17 bits per heavy atom. The van der Waals surface area contributed by atoms with Crippen molar-refractivity contribution in [1.29, 1.82) is 5.26 Å². The molecule has 2 saturated heterocycles. The largest absolute Gasteiger partial charge is 0.450 e. The zero-order chi connectivity index (χ0) is 17.6. The summed E-state index contributed by atoms with van der Waals surface area (Å²) in [4.78, 5) is 5.48. The first-order valence-electron chi connectivity index (χ1n) is 7.20. The highest BCUT2D eigenvalue weighted by atomic mass is 35.5. The van der Waals surface area contributed by atoms with Crippen molar-refractivity contribution in [3.8, 4) is 6.07 Å². The Morgan fingerprint density at radius 3 is 2.79 bits per heavy atom. The summed E-state index contributed by atoms with van der Waals surface area (Å²) in [6.45, 7) is 1.84. The van der Waals surface area contributed by atoms with Crippen molar-refractivity contribution in [2.24, 2.45) is 4.99 Å². The van der Waals surface area contributed by atoms with E-state index in [0.29, 0.717) is 11.3 Å². The molecule has 0 bridgehead atoms. The van der Waals surface area contributed by atoms with E-state index in [1.807, 2.05) is 6.07 Å². The Bertz CT molecular complexity index is 745. The van der Waals surface area contributed by atoms with Crippen LogP contribution in [0.25, 0.3) is 0 Å². The molecule has 0 spiro atoms. The van der Waals surface area contributed by atoms with Crippen LogP contribution in [-0.4, -0.2) is 47.0 Å². The number of ether oxygens (including phenoxy) is 1. The number of benzene rings is 1. The highest BCUT2D eigenvalue weighted by molar-refractivity contribution is 6.32. The van der Waals surface area contributed by atoms with Crippen LogP contribution >= 0.6 is 11.6 Å². The molecule has 0 amide bonds. The van der Waals surface area contributed by atoms with Gasteiger partial charge in [0, 0.05) is 6.54 Å². The smallest absolute Gasteiger partial charge is 0.427 e. The number of fused-ring (bicyclic) bond motifs is 1. The fourth-order valence-electron chi connectivity index (χ4n) is 2.97. The van der Waals surface area contributed by atoms with Gasteiger partial charge in [0.05, 0.1) is 22.4 Å². The van der Waals surface area contributed by atoms with Crippen LogP contribution in [0, 0.1) is 18.3 Å². The second kappa shape index (κ2) is 5.83. The molecule has 128 valence electrons. The predicted molar refractivity (Wildman–Crippen MR) is 80.0 cm³/mol. The van der Waals surface area contributed by atoms with Crippen LogP contribution in [-0.2, 0) is 4.74 Å². The molecule has 3 atom stereocenters. The molecule has 0 aliphatic carbocycles. The highest BCUT2D eigenvalue weighted by Gasteiger charge is 2.59. The van der Waals surface area contributed by atoms with Gasteiger partial charge in [-0.1, -0.05) is 11.6 Å². The van der Waals surface area contributed by atoms with Crippen molar-refractivity contribution in [2.45, 2.75) is 37.8 Å². The summed E-state index contributed by atoms with van der Waals surface area (Å²) < 4.78 is 44.5. The summed E-state index contributed by atoms with van der Waals surface area (Å²) in [6.07, 6.45) is -7.65. The van der Waals surface area contributed by atoms with Crippen LogP contribution in [0.2, 0.25) is 5.02 Å². The molecular formula is C15H13ClF3N3O2. The summed E-state index contributed by atoms with van der Waals surface area (Å²) in [6, 6.07) is 3.48. The first-order valence-corrected chi connectivity index (χ1v) is 7.58. The molecule has 1 N–H and O–H groups in total. The molecule has 0 saturated carbocycles. The maximum absolute atomic E-state index is 13.2. The number of rotatable bonds is 1. The van der Waals surface area contributed by atoms with Crippen molar-refractivity contribution < 1.29 is 23.0 Å². The maximum Gasteiger partial charge on any atom is 0.427 e. The third-order valence-electron chi connectivity index (χ3n) is 4.23. The molecule has 5 nitrogen and oxygen atoms in total. The van der Waals surface area contributed by atoms with E-state index in [4.69, 9.17) is 21.6 Å². The van der Waals surface area contributed by atoms with Crippen LogP contribution in [0.3, 0.4) is 0 Å². The summed E-state index contributed by atoms with van der Waals surface area (Å²) in [5.74, 6) is 0. The number of alkyl halides is 3. The zero-order valence-corrected chi connectivity index (χ0v) is 13.3. The van der Waals surface area contributed by atoms with Gasteiger partial charge in [0.25, 0.3) is 6.02 Å². The first kappa shape index (κ1) is 16.9. The quantitative estimate of drug-likeness (QED) is 0.837. The molecule has 1 aromatic rings. The Kier molecular flexibility index (Phi) is 4.10. The molecule has 1 aromatic carbocycles. The monoisotopic (exact) mass is 359 g/mol. The third-order valence-corrected chi connectivity index (χ3v) is 4.71. The lowest BCUT2D eigenvalue weighted by Gasteiger charge is -2.21. The van der Waals surface area contributed by atoms with Crippen LogP contribution in [0.4, 0.5) is 18.9 Å². The Labute approximate surface area is 140 Å². The van der Waals surface area contributed by atoms with Gasteiger partial charge in [0.15, 0.2) is 0 Å². The van der Waals surface area contributed by atoms with Crippen LogP contribution < -0.4 is 0 Å². The molecule has 2 aliphatic rings. The van der Waals surface area contributed by atoms with Crippen molar-refractivity contribution in [1.82, 2.24) is 4.90 Å². The van der Waals surface area contributed by atoms with Crippen LogP contribution in [0.15, 0.2) is 17.1 Å². The number of amidine groups is 1. The minimum atomic E-state index is -4.61. The zero-order valence-electron chi connectivity index (χ0n) is 12.5. The standard InChI is InChI=1S/C15H13ClF3N3O2/c1-7-9(3-2-8(6-20)11(7)16)21-14-22-5-4-10(23)12(22)13(24-14)15(17,18)19/h2-3,10,12-13,23H,4-5H2,1H3/t10-,12-,13+/m0/s1. The van der Waals surface area contributed by atoms with Gasteiger partial charge < -0.3 is 14.7 Å². The fourth-order valence-corrected chi connectivity index (χ4v) is 3.18. The Balaban J connectivity index is 2.00. The lowest BCUT2D eigenvalue weighted by atomic mass is 10.1.